The van der Waals surface area contributed by atoms with Gasteiger partial charge in [0, 0.05) is 41.5 Å². The largest absolute Gasteiger partial charge is 0.355 e. The molecule has 1 atom stereocenters. The van der Waals surface area contributed by atoms with Crippen molar-refractivity contribution in [2.75, 3.05) is 27.2 Å². The van der Waals surface area contributed by atoms with Gasteiger partial charge in [0.25, 0.3) is 11.8 Å². The Balaban J connectivity index is 1.70. The number of benzene rings is 2. The van der Waals surface area contributed by atoms with Crippen molar-refractivity contribution in [2.24, 2.45) is 0 Å². The van der Waals surface area contributed by atoms with Gasteiger partial charge in [-0.25, -0.2) is 0 Å². The molecule has 2 heterocycles. The van der Waals surface area contributed by atoms with Gasteiger partial charge in [-0.3, -0.25) is 9.59 Å². The molecular formula is C20H22N4O2. The van der Waals surface area contributed by atoms with Crippen LogP contribution in [0.3, 0.4) is 0 Å². The van der Waals surface area contributed by atoms with Gasteiger partial charge < -0.3 is 20.5 Å². The fourth-order valence-corrected chi connectivity index (χ4v) is 3.72. The molecule has 3 N–H and O–H groups in total. The maximum atomic E-state index is 12.6. The fraction of sp³-hybridized carbons (Fsp3) is 0.300. The number of amides is 2. The first-order valence-electron chi connectivity index (χ1n) is 8.83. The first-order valence-corrected chi connectivity index (χ1v) is 8.83. The predicted molar refractivity (Wildman–Crippen MR) is 103 cm³/mol. The normalized spacial score (nSPS) is 17.7. The van der Waals surface area contributed by atoms with Crippen molar-refractivity contribution in [2.45, 2.75) is 12.5 Å². The van der Waals surface area contributed by atoms with Crippen LogP contribution >= 0.6 is 0 Å². The van der Waals surface area contributed by atoms with E-state index in [4.69, 9.17) is 0 Å². The average Bonchev–Trinajstić information content (AvgIpc) is 3.23. The van der Waals surface area contributed by atoms with Crippen molar-refractivity contribution in [3.63, 3.8) is 0 Å². The number of para-hydroxylation sites is 1. The first-order chi connectivity index (χ1) is 12.6. The molecule has 1 aromatic heterocycles. The van der Waals surface area contributed by atoms with Crippen LogP contribution in [0.1, 0.15) is 27.1 Å². The highest BCUT2D eigenvalue weighted by molar-refractivity contribution is 6.15. The zero-order chi connectivity index (χ0) is 18.3. The van der Waals surface area contributed by atoms with Crippen LogP contribution in [0.15, 0.2) is 36.4 Å². The Morgan fingerprint density at radius 2 is 2.00 bits per heavy atom. The van der Waals surface area contributed by atoms with Crippen LogP contribution in [-0.4, -0.2) is 54.9 Å². The molecule has 1 saturated heterocycles. The highest BCUT2D eigenvalue weighted by Crippen LogP contribution is 2.28. The zero-order valence-electron chi connectivity index (χ0n) is 14.9. The van der Waals surface area contributed by atoms with E-state index in [0.717, 1.165) is 41.3 Å². The number of rotatable bonds is 3. The first kappa shape index (κ1) is 16.6. The number of hydrogen-bond acceptors (Lipinski definition) is 3. The number of fused-ring (bicyclic) bond motifs is 3. The van der Waals surface area contributed by atoms with E-state index in [1.54, 1.807) is 13.1 Å². The van der Waals surface area contributed by atoms with E-state index in [9.17, 15) is 9.59 Å². The van der Waals surface area contributed by atoms with Crippen molar-refractivity contribution in [1.82, 2.24) is 20.5 Å². The molecule has 6 heteroatoms. The second kappa shape index (κ2) is 6.46. The van der Waals surface area contributed by atoms with Gasteiger partial charge in [0.05, 0.1) is 11.1 Å². The fourth-order valence-electron chi connectivity index (χ4n) is 3.72. The number of H-pyrrole nitrogens is 1. The molecule has 1 fully saturated rings. The lowest BCUT2D eigenvalue weighted by atomic mass is 10.1. The quantitative estimate of drug-likeness (QED) is 0.677. The smallest absolute Gasteiger partial charge is 0.253 e. The molecule has 1 aliphatic rings. The van der Waals surface area contributed by atoms with E-state index in [0.29, 0.717) is 11.1 Å². The van der Waals surface area contributed by atoms with Gasteiger partial charge in [-0.15, -0.1) is 0 Å². The summed E-state index contributed by atoms with van der Waals surface area (Å²) in [6, 6.07) is 11.5. The molecule has 6 nitrogen and oxygen atoms in total. The molecule has 2 aromatic carbocycles. The van der Waals surface area contributed by atoms with Crippen LogP contribution in [0.2, 0.25) is 0 Å². The SMILES string of the molecule is CNC(=O)c1cccc2c1[nH]c1cc(C(=O)NC3CCN(C)C3)ccc12. The van der Waals surface area contributed by atoms with Crippen LogP contribution in [0, 0.1) is 0 Å². The van der Waals surface area contributed by atoms with E-state index < -0.39 is 0 Å². The number of nitrogens with zero attached hydrogens (tertiary/aromatic N) is 1. The van der Waals surface area contributed by atoms with E-state index >= 15 is 0 Å². The zero-order valence-corrected chi connectivity index (χ0v) is 14.9. The van der Waals surface area contributed by atoms with E-state index in [-0.39, 0.29) is 17.9 Å². The van der Waals surface area contributed by atoms with Gasteiger partial charge in [-0.05, 0) is 38.2 Å². The van der Waals surface area contributed by atoms with Gasteiger partial charge in [-0.1, -0.05) is 18.2 Å². The molecule has 26 heavy (non-hydrogen) atoms. The molecular weight excluding hydrogens is 328 g/mol. The highest BCUT2D eigenvalue weighted by Gasteiger charge is 2.22. The molecule has 3 aromatic rings. The number of carbonyl (C=O) groups is 2. The second-order valence-electron chi connectivity index (χ2n) is 6.91. The lowest BCUT2D eigenvalue weighted by Crippen LogP contribution is -2.36. The summed E-state index contributed by atoms with van der Waals surface area (Å²) in [5, 5.41) is 7.75. The summed E-state index contributed by atoms with van der Waals surface area (Å²) in [5.74, 6) is -0.192. The van der Waals surface area contributed by atoms with E-state index in [1.807, 2.05) is 30.3 Å². The average molecular weight is 350 g/mol. The van der Waals surface area contributed by atoms with Crippen LogP contribution in [0.5, 0.6) is 0 Å². The van der Waals surface area contributed by atoms with Crippen LogP contribution in [0.4, 0.5) is 0 Å². The Bertz CT molecular complexity index is 1010. The number of hydrogen-bond donors (Lipinski definition) is 3. The summed E-state index contributed by atoms with van der Waals surface area (Å²) in [6.45, 7) is 1.89. The number of carbonyl (C=O) groups excluding carboxylic acids is 2. The third-order valence-corrected chi connectivity index (χ3v) is 5.09. The Morgan fingerprint density at radius 3 is 2.73 bits per heavy atom. The van der Waals surface area contributed by atoms with Crippen LogP contribution in [0.25, 0.3) is 21.8 Å². The maximum Gasteiger partial charge on any atom is 0.253 e. The highest BCUT2D eigenvalue weighted by atomic mass is 16.2. The standard InChI is InChI=1S/C20H22N4O2/c1-21-20(26)16-5-3-4-15-14-7-6-12(10-17(14)23-18(15)16)19(25)22-13-8-9-24(2)11-13/h3-7,10,13,23H,8-9,11H2,1-2H3,(H,21,26)(H,22,25). The molecule has 0 bridgehead atoms. The molecule has 0 saturated carbocycles. The Morgan fingerprint density at radius 1 is 1.15 bits per heavy atom. The van der Waals surface area contributed by atoms with Crippen molar-refractivity contribution in [3.05, 3.63) is 47.5 Å². The minimum absolute atomic E-state index is 0.0580. The third kappa shape index (κ3) is 2.82. The number of aromatic amines is 1. The Labute approximate surface area is 151 Å². The van der Waals surface area contributed by atoms with Gasteiger partial charge in [-0.2, -0.15) is 0 Å². The Kier molecular flexibility index (Phi) is 4.12. The lowest BCUT2D eigenvalue weighted by molar-refractivity contribution is 0.0936. The van der Waals surface area contributed by atoms with Crippen molar-refractivity contribution < 1.29 is 9.59 Å². The van der Waals surface area contributed by atoms with Gasteiger partial charge in [0.2, 0.25) is 0 Å². The number of aromatic nitrogens is 1. The second-order valence-corrected chi connectivity index (χ2v) is 6.91. The molecule has 0 radical (unpaired) electrons. The van der Waals surface area contributed by atoms with E-state index in [2.05, 4.69) is 27.6 Å². The Hall–Kier alpha value is -2.86. The van der Waals surface area contributed by atoms with E-state index in [1.165, 1.54) is 0 Å². The third-order valence-electron chi connectivity index (χ3n) is 5.09. The van der Waals surface area contributed by atoms with Crippen LogP contribution < -0.4 is 10.6 Å². The minimum atomic E-state index is -0.134. The molecule has 2 amide bonds. The van der Waals surface area contributed by atoms with Crippen molar-refractivity contribution in [3.8, 4) is 0 Å². The van der Waals surface area contributed by atoms with Crippen molar-refractivity contribution in [1.29, 1.82) is 0 Å². The summed E-state index contributed by atoms with van der Waals surface area (Å²) in [5.41, 5.74) is 2.87. The number of nitrogens with one attached hydrogen (secondary N) is 3. The molecule has 1 aliphatic heterocycles. The molecule has 4 rings (SSSR count). The van der Waals surface area contributed by atoms with Gasteiger partial charge in [0.15, 0.2) is 0 Å². The number of likely N-dealkylation sites (N-methyl/N-ethyl adjacent to an activating group) is 1. The minimum Gasteiger partial charge on any atom is -0.355 e. The summed E-state index contributed by atoms with van der Waals surface area (Å²) < 4.78 is 0. The lowest BCUT2D eigenvalue weighted by Gasteiger charge is -2.12. The monoisotopic (exact) mass is 350 g/mol. The molecule has 134 valence electrons. The van der Waals surface area contributed by atoms with Gasteiger partial charge >= 0.3 is 0 Å². The molecule has 1 unspecified atom stereocenters. The summed E-state index contributed by atoms with van der Waals surface area (Å²) in [4.78, 5) is 30.2. The summed E-state index contributed by atoms with van der Waals surface area (Å²) >= 11 is 0. The molecule has 0 aliphatic carbocycles. The molecule has 0 spiro atoms. The topological polar surface area (TPSA) is 77.2 Å². The predicted octanol–water partition coefficient (Wildman–Crippen LogP) is 2.11. The van der Waals surface area contributed by atoms with Crippen molar-refractivity contribution >= 4 is 33.6 Å². The summed E-state index contributed by atoms with van der Waals surface area (Å²) in [7, 11) is 3.68. The summed E-state index contributed by atoms with van der Waals surface area (Å²) in [6.07, 6.45) is 0.979. The van der Waals surface area contributed by atoms with Gasteiger partial charge in [0.1, 0.15) is 0 Å². The maximum absolute atomic E-state index is 12.6. The number of likely N-dealkylation sites (tertiary alicyclic amines) is 1. The van der Waals surface area contributed by atoms with Crippen LogP contribution in [-0.2, 0) is 0 Å².